The number of halogens is 4. The van der Waals surface area contributed by atoms with E-state index in [1.165, 1.54) is 23.5 Å². The molecule has 0 spiro atoms. The van der Waals surface area contributed by atoms with Crippen molar-refractivity contribution in [2.24, 2.45) is 0 Å². The van der Waals surface area contributed by atoms with Gasteiger partial charge in [0.15, 0.2) is 10.0 Å². The highest BCUT2D eigenvalue weighted by Crippen LogP contribution is 2.31. The van der Waals surface area contributed by atoms with E-state index in [4.69, 9.17) is 11.6 Å². The van der Waals surface area contributed by atoms with Crippen LogP contribution in [0.15, 0.2) is 46.7 Å². The van der Waals surface area contributed by atoms with E-state index in [9.17, 15) is 21.6 Å². The number of piperazine rings is 1. The minimum atomic E-state index is -4.29. The van der Waals surface area contributed by atoms with Crippen molar-refractivity contribution in [2.75, 3.05) is 31.1 Å². The highest BCUT2D eigenvalue weighted by atomic mass is 35.5. The Hall–Kier alpha value is -2.14. The van der Waals surface area contributed by atoms with Gasteiger partial charge in [-0.2, -0.15) is 4.31 Å². The van der Waals surface area contributed by atoms with Crippen LogP contribution in [-0.4, -0.2) is 43.9 Å². The Bertz CT molecular complexity index is 1180. The number of nitrogens with zero attached hydrogens (tertiary/aromatic N) is 3. The Morgan fingerprint density at radius 2 is 1.63 bits per heavy atom. The monoisotopic (exact) mass is 473 g/mol. The predicted molar refractivity (Wildman–Crippen MR) is 110 cm³/mol. The van der Waals surface area contributed by atoms with Crippen molar-refractivity contribution in [3.63, 3.8) is 0 Å². The second kappa shape index (κ2) is 8.18. The summed E-state index contributed by atoms with van der Waals surface area (Å²) in [6, 6.07) is 7.30. The first-order valence-corrected chi connectivity index (χ1v) is 11.6. The van der Waals surface area contributed by atoms with E-state index >= 15 is 0 Å². The molecule has 1 saturated heterocycles. The van der Waals surface area contributed by atoms with Crippen molar-refractivity contribution in [1.29, 1.82) is 0 Å². The summed E-state index contributed by atoms with van der Waals surface area (Å²) in [5.41, 5.74) is 1.29. The van der Waals surface area contributed by atoms with E-state index in [2.05, 4.69) is 4.98 Å². The van der Waals surface area contributed by atoms with Gasteiger partial charge in [0.25, 0.3) is 0 Å². The Kier molecular flexibility index (Phi) is 5.75. The van der Waals surface area contributed by atoms with Crippen LogP contribution >= 0.6 is 22.9 Å². The standard InChI is InChI=1S/C19H15ClF3N3O2S2/c20-13-10-12(4-5-14(13)21)17-11-29-19(24-17)25-6-8-26(9-7-25)30(27,28)18-15(22)2-1-3-16(18)23/h1-5,10-11H,6-9H2. The smallest absolute Gasteiger partial charge is 0.249 e. The van der Waals surface area contributed by atoms with Gasteiger partial charge in [0.2, 0.25) is 10.0 Å². The second-order valence-corrected chi connectivity index (χ2v) is 9.70. The summed E-state index contributed by atoms with van der Waals surface area (Å²) in [6.45, 7) is 0.750. The van der Waals surface area contributed by atoms with Crippen LogP contribution in [0.2, 0.25) is 5.02 Å². The number of sulfonamides is 1. The van der Waals surface area contributed by atoms with E-state index < -0.39 is 32.4 Å². The summed E-state index contributed by atoms with van der Waals surface area (Å²) in [7, 11) is -4.29. The first-order valence-electron chi connectivity index (χ1n) is 8.87. The molecule has 0 atom stereocenters. The van der Waals surface area contributed by atoms with Crippen molar-refractivity contribution in [1.82, 2.24) is 9.29 Å². The average Bonchev–Trinajstić information content (AvgIpc) is 3.20. The number of hydrogen-bond donors (Lipinski definition) is 0. The van der Waals surface area contributed by atoms with Gasteiger partial charge < -0.3 is 4.90 Å². The van der Waals surface area contributed by atoms with Gasteiger partial charge in [0.05, 0.1) is 10.7 Å². The minimum absolute atomic E-state index is 0.00115. The molecule has 1 aliphatic heterocycles. The summed E-state index contributed by atoms with van der Waals surface area (Å²) in [6.07, 6.45) is 0. The van der Waals surface area contributed by atoms with Gasteiger partial charge in [-0.3, -0.25) is 0 Å². The lowest BCUT2D eigenvalue weighted by molar-refractivity contribution is 0.378. The molecule has 11 heteroatoms. The quantitative estimate of drug-likeness (QED) is 0.564. The van der Waals surface area contributed by atoms with Crippen molar-refractivity contribution in [3.05, 3.63) is 64.3 Å². The molecule has 5 nitrogen and oxygen atoms in total. The fourth-order valence-corrected chi connectivity index (χ4v) is 5.78. The third-order valence-corrected chi connectivity index (χ3v) is 7.88. The molecule has 0 N–H and O–H groups in total. The van der Waals surface area contributed by atoms with Gasteiger partial charge in [0, 0.05) is 37.1 Å². The number of hydrogen-bond acceptors (Lipinski definition) is 5. The van der Waals surface area contributed by atoms with Crippen LogP contribution < -0.4 is 4.90 Å². The first kappa shape index (κ1) is 21.1. The Morgan fingerprint density at radius 3 is 2.27 bits per heavy atom. The fourth-order valence-electron chi connectivity index (χ4n) is 3.18. The minimum Gasteiger partial charge on any atom is -0.345 e. The van der Waals surface area contributed by atoms with Crippen LogP contribution in [0.25, 0.3) is 11.3 Å². The third-order valence-electron chi connectivity index (χ3n) is 4.73. The van der Waals surface area contributed by atoms with Crippen LogP contribution in [0.4, 0.5) is 18.3 Å². The van der Waals surface area contributed by atoms with Crippen molar-refractivity contribution < 1.29 is 21.6 Å². The van der Waals surface area contributed by atoms with E-state index in [0.717, 1.165) is 22.5 Å². The third kappa shape index (κ3) is 3.92. The topological polar surface area (TPSA) is 53.5 Å². The molecule has 0 aliphatic carbocycles. The molecular weight excluding hydrogens is 459 g/mol. The summed E-state index contributed by atoms with van der Waals surface area (Å²) < 4.78 is 67.7. The van der Waals surface area contributed by atoms with E-state index in [1.807, 2.05) is 4.90 Å². The molecule has 2 aromatic carbocycles. The van der Waals surface area contributed by atoms with E-state index in [1.54, 1.807) is 11.4 Å². The zero-order valence-corrected chi connectivity index (χ0v) is 17.7. The number of aromatic nitrogens is 1. The van der Waals surface area contributed by atoms with Gasteiger partial charge in [-0.25, -0.2) is 26.6 Å². The Morgan fingerprint density at radius 1 is 0.967 bits per heavy atom. The molecule has 1 fully saturated rings. The SMILES string of the molecule is O=S(=O)(c1c(F)cccc1F)N1CCN(c2nc(-c3ccc(F)c(Cl)c3)cs2)CC1. The molecule has 1 aromatic heterocycles. The second-order valence-electron chi connectivity index (χ2n) is 6.59. The van der Waals surface area contributed by atoms with Gasteiger partial charge >= 0.3 is 0 Å². The number of anilines is 1. The van der Waals surface area contributed by atoms with Gasteiger partial charge in [-0.1, -0.05) is 17.7 Å². The molecule has 0 saturated carbocycles. The maximum atomic E-state index is 14.0. The van der Waals surface area contributed by atoms with Crippen LogP contribution in [0.3, 0.4) is 0 Å². The highest BCUT2D eigenvalue weighted by Gasteiger charge is 2.33. The molecule has 3 aromatic rings. The zero-order chi connectivity index (χ0) is 21.5. The lowest BCUT2D eigenvalue weighted by atomic mass is 10.2. The average molecular weight is 474 g/mol. The largest absolute Gasteiger partial charge is 0.345 e. The number of benzene rings is 2. The molecule has 0 bridgehead atoms. The summed E-state index contributed by atoms with van der Waals surface area (Å²) in [5.74, 6) is -2.74. The number of thiazole rings is 1. The molecule has 4 rings (SSSR count). The summed E-state index contributed by atoms with van der Waals surface area (Å²) >= 11 is 7.19. The van der Waals surface area contributed by atoms with Gasteiger partial charge in [-0.05, 0) is 30.3 Å². The van der Waals surface area contributed by atoms with Crippen molar-refractivity contribution in [2.45, 2.75) is 4.90 Å². The normalized spacial score (nSPS) is 15.5. The van der Waals surface area contributed by atoms with Crippen molar-refractivity contribution >= 4 is 38.1 Å². The molecule has 0 unspecified atom stereocenters. The maximum Gasteiger partial charge on any atom is 0.249 e. The molecule has 2 heterocycles. The van der Waals surface area contributed by atoms with Crippen molar-refractivity contribution in [3.8, 4) is 11.3 Å². The predicted octanol–water partition coefficient (Wildman–Crippen LogP) is 4.39. The zero-order valence-electron chi connectivity index (χ0n) is 15.4. The lowest BCUT2D eigenvalue weighted by Crippen LogP contribution is -2.49. The van der Waals surface area contributed by atoms with E-state index in [0.29, 0.717) is 29.5 Å². The fraction of sp³-hybridized carbons (Fsp3) is 0.211. The summed E-state index contributed by atoms with van der Waals surface area (Å²) in [5, 5.41) is 2.47. The number of rotatable bonds is 4. The van der Waals surface area contributed by atoms with Gasteiger partial charge in [0.1, 0.15) is 17.5 Å². The first-order chi connectivity index (χ1) is 14.3. The highest BCUT2D eigenvalue weighted by molar-refractivity contribution is 7.89. The Labute approximate surface area is 180 Å². The van der Waals surface area contributed by atoms with Crippen LogP contribution in [0, 0.1) is 17.5 Å². The van der Waals surface area contributed by atoms with Crippen LogP contribution in [0.5, 0.6) is 0 Å². The molecule has 30 heavy (non-hydrogen) atoms. The molecule has 0 radical (unpaired) electrons. The molecule has 0 amide bonds. The summed E-state index contributed by atoms with van der Waals surface area (Å²) in [4.78, 5) is 5.49. The van der Waals surface area contributed by atoms with Crippen LogP contribution in [-0.2, 0) is 10.0 Å². The Balaban J connectivity index is 1.49. The van der Waals surface area contributed by atoms with Crippen LogP contribution in [0.1, 0.15) is 0 Å². The van der Waals surface area contributed by atoms with E-state index in [-0.39, 0.29) is 18.1 Å². The lowest BCUT2D eigenvalue weighted by Gasteiger charge is -2.33. The molecule has 1 aliphatic rings. The molecular formula is C19H15ClF3N3O2S2. The molecule has 158 valence electrons. The van der Waals surface area contributed by atoms with Gasteiger partial charge in [-0.15, -0.1) is 11.3 Å². The maximum absolute atomic E-state index is 14.0.